The smallest absolute Gasteiger partial charge is 0.297 e. The van der Waals surface area contributed by atoms with Gasteiger partial charge in [0.1, 0.15) is 5.75 Å². The topological polar surface area (TPSA) is 18.5 Å². The van der Waals surface area contributed by atoms with Gasteiger partial charge in [0.2, 0.25) is 0 Å². The predicted molar refractivity (Wildman–Crippen MR) is 90.4 cm³/mol. The summed E-state index contributed by atoms with van der Waals surface area (Å²) in [7, 11) is 0. The van der Waals surface area contributed by atoms with Gasteiger partial charge in [-0.25, -0.2) is 0 Å². The highest BCUT2D eigenvalue weighted by molar-refractivity contribution is 8.68. The molecule has 1 unspecified atom stereocenters. The van der Waals surface area contributed by atoms with Crippen LogP contribution in [0.2, 0.25) is 10.0 Å². The van der Waals surface area contributed by atoms with Gasteiger partial charge >= 0.3 is 0 Å². The SMILES string of the molecule is CCCCSP(=S)(OCC)Oc1ccc(Cl)cc1Cl. The Morgan fingerprint density at radius 3 is 2.63 bits per heavy atom. The molecule has 0 amide bonds. The summed E-state index contributed by atoms with van der Waals surface area (Å²) in [5.41, 5.74) is -2.39. The van der Waals surface area contributed by atoms with Gasteiger partial charge in [-0.15, -0.1) is 0 Å². The molecule has 0 heterocycles. The molecule has 1 aromatic carbocycles. The second kappa shape index (κ2) is 8.76. The average molecular weight is 359 g/mol. The number of hydrogen-bond acceptors (Lipinski definition) is 4. The van der Waals surface area contributed by atoms with Crippen LogP contribution in [0.15, 0.2) is 18.2 Å². The first-order chi connectivity index (χ1) is 9.00. The molecule has 0 aliphatic rings. The third kappa shape index (κ3) is 6.24. The van der Waals surface area contributed by atoms with Gasteiger partial charge in [-0.05, 0) is 43.4 Å². The summed E-state index contributed by atoms with van der Waals surface area (Å²) in [5.74, 6) is 1.46. The minimum atomic E-state index is -2.39. The van der Waals surface area contributed by atoms with Crippen molar-refractivity contribution >= 4 is 52.1 Å². The minimum Gasteiger partial charge on any atom is -0.435 e. The number of rotatable bonds is 8. The lowest BCUT2D eigenvalue weighted by Gasteiger charge is -2.22. The Bertz CT molecular complexity index is 457. The van der Waals surface area contributed by atoms with E-state index in [0.29, 0.717) is 22.4 Å². The Kier molecular flexibility index (Phi) is 8.12. The van der Waals surface area contributed by atoms with Crippen LogP contribution in [0.1, 0.15) is 26.7 Å². The van der Waals surface area contributed by atoms with Crippen LogP contribution in [0, 0.1) is 0 Å². The van der Waals surface area contributed by atoms with Gasteiger partial charge in [-0.1, -0.05) is 47.9 Å². The van der Waals surface area contributed by atoms with Crippen molar-refractivity contribution in [2.24, 2.45) is 0 Å². The van der Waals surface area contributed by atoms with Crippen LogP contribution in [-0.2, 0) is 16.3 Å². The molecule has 19 heavy (non-hydrogen) atoms. The summed E-state index contributed by atoms with van der Waals surface area (Å²) in [4.78, 5) is 0. The van der Waals surface area contributed by atoms with Crippen LogP contribution >= 0.6 is 40.3 Å². The van der Waals surface area contributed by atoms with Crippen molar-refractivity contribution in [3.8, 4) is 5.75 Å². The summed E-state index contributed by atoms with van der Waals surface area (Å²) in [6.07, 6.45) is 2.21. The normalized spacial score (nSPS) is 14.1. The zero-order chi connectivity index (χ0) is 14.3. The Balaban J connectivity index is 2.79. The molecule has 0 spiro atoms. The molecule has 0 radical (unpaired) electrons. The maximum atomic E-state index is 6.09. The minimum absolute atomic E-state index is 0.456. The lowest BCUT2D eigenvalue weighted by molar-refractivity contribution is 0.344. The van der Waals surface area contributed by atoms with Crippen molar-refractivity contribution in [3.05, 3.63) is 28.2 Å². The van der Waals surface area contributed by atoms with Gasteiger partial charge in [0.05, 0.1) is 11.6 Å². The van der Waals surface area contributed by atoms with Gasteiger partial charge < -0.3 is 9.05 Å². The maximum absolute atomic E-state index is 6.09. The molecule has 1 atom stereocenters. The molecule has 0 fully saturated rings. The second-order valence-electron chi connectivity index (χ2n) is 3.72. The monoisotopic (exact) mass is 358 g/mol. The van der Waals surface area contributed by atoms with Crippen molar-refractivity contribution in [1.29, 1.82) is 0 Å². The van der Waals surface area contributed by atoms with Gasteiger partial charge in [-0.3, -0.25) is 0 Å². The third-order valence-corrected chi connectivity index (χ3v) is 7.98. The molecule has 7 heteroatoms. The highest BCUT2D eigenvalue weighted by atomic mass is 35.5. The fraction of sp³-hybridized carbons (Fsp3) is 0.500. The molecular weight excluding hydrogens is 342 g/mol. The van der Waals surface area contributed by atoms with Gasteiger partial charge in [-0.2, -0.15) is 0 Å². The molecule has 0 bridgehead atoms. The van der Waals surface area contributed by atoms with Crippen molar-refractivity contribution in [2.75, 3.05) is 12.4 Å². The van der Waals surface area contributed by atoms with E-state index in [1.807, 2.05) is 6.92 Å². The standard InChI is InChI=1S/C12H17Cl2O2PS2/c1-3-5-8-19-17(18,15-4-2)16-12-7-6-10(13)9-11(12)14/h6-7,9H,3-5,8H2,1-2H3. The Morgan fingerprint density at radius 2 is 2.05 bits per heavy atom. The summed E-state index contributed by atoms with van der Waals surface area (Å²) in [6, 6.07) is 5.09. The van der Waals surface area contributed by atoms with E-state index in [0.717, 1.165) is 18.6 Å². The van der Waals surface area contributed by atoms with Crippen molar-refractivity contribution < 1.29 is 9.05 Å². The molecule has 1 aromatic rings. The van der Waals surface area contributed by atoms with E-state index in [-0.39, 0.29) is 0 Å². The van der Waals surface area contributed by atoms with Gasteiger partial charge in [0.15, 0.2) is 0 Å². The van der Waals surface area contributed by atoms with E-state index >= 15 is 0 Å². The molecule has 1 rings (SSSR count). The fourth-order valence-corrected chi connectivity index (χ4v) is 6.50. The zero-order valence-electron chi connectivity index (χ0n) is 10.9. The van der Waals surface area contributed by atoms with Crippen molar-refractivity contribution in [3.63, 3.8) is 0 Å². The highest BCUT2D eigenvalue weighted by Gasteiger charge is 2.22. The number of halogens is 2. The van der Waals surface area contributed by atoms with Gasteiger partial charge in [0.25, 0.3) is 5.69 Å². The lowest BCUT2D eigenvalue weighted by atomic mass is 10.3. The van der Waals surface area contributed by atoms with E-state index in [9.17, 15) is 0 Å². The van der Waals surface area contributed by atoms with Crippen LogP contribution in [0.3, 0.4) is 0 Å². The Labute approximate surface area is 134 Å². The summed E-state index contributed by atoms with van der Waals surface area (Å²) in [6.45, 7) is 4.58. The number of benzene rings is 1. The lowest BCUT2D eigenvalue weighted by Crippen LogP contribution is -1.96. The second-order valence-corrected chi connectivity index (χ2v) is 10.9. The Hall–Kier alpha value is 0.560. The molecular formula is C12H17Cl2O2PS2. The summed E-state index contributed by atoms with van der Waals surface area (Å²) >= 11 is 19.1. The van der Waals surface area contributed by atoms with Crippen molar-refractivity contribution in [1.82, 2.24) is 0 Å². The molecule has 0 aliphatic heterocycles. The van der Waals surface area contributed by atoms with E-state index in [1.165, 1.54) is 0 Å². The van der Waals surface area contributed by atoms with Crippen LogP contribution in [-0.4, -0.2) is 12.4 Å². The summed E-state index contributed by atoms with van der Waals surface area (Å²) < 4.78 is 11.5. The molecule has 2 nitrogen and oxygen atoms in total. The summed E-state index contributed by atoms with van der Waals surface area (Å²) in [5, 5.41) is 1.03. The molecule has 0 aliphatic carbocycles. The first kappa shape index (κ1) is 17.6. The van der Waals surface area contributed by atoms with Crippen molar-refractivity contribution in [2.45, 2.75) is 26.7 Å². The molecule has 108 valence electrons. The number of hydrogen-bond donors (Lipinski definition) is 0. The molecule has 0 saturated carbocycles. The van der Waals surface area contributed by atoms with E-state index in [1.54, 1.807) is 29.6 Å². The van der Waals surface area contributed by atoms with Crippen LogP contribution in [0.25, 0.3) is 0 Å². The highest BCUT2D eigenvalue weighted by Crippen LogP contribution is 2.61. The van der Waals surface area contributed by atoms with E-state index < -0.39 is 5.69 Å². The molecule has 0 saturated heterocycles. The molecule has 0 aromatic heterocycles. The third-order valence-electron chi connectivity index (χ3n) is 2.14. The molecule has 0 N–H and O–H groups in total. The largest absolute Gasteiger partial charge is 0.435 e. The van der Waals surface area contributed by atoms with E-state index in [4.69, 9.17) is 44.1 Å². The zero-order valence-corrected chi connectivity index (χ0v) is 14.9. The van der Waals surface area contributed by atoms with Gasteiger partial charge in [0, 0.05) is 10.8 Å². The van der Waals surface area contributed by atoms with E-state index in [2.05, 4.69) is 6.92 Å². The van der Waals surface area contributed by atoms with Crippen LogP contribution < -0.4 is 4.52 Å². The van der Waals surface area contributed by atoms with Crippen LogP contribution in [0.5, 0.6) is 5.75 Å². The Morgan fingerprint density at radius 1 is 1.32 bits per heavy atom. The quantitative estimate of drug-likeness (QED) is 0.408. The first-order valence-corrected chi connectivity index (χ1v) is 11.0. The fourth-order valence-electron chi connectivity index (χ4n) is 1.24. The van der Waals surface area contributed by atoms with Crippen LogP contribution in [0.4, 0.5) is 0 Å². The maximum Gasteiger partial charge on any atom is 0.297 e. The predicted octanol–water partition coefficient (Wildman–Crippen LogP) is 6.17. The average Bonchev–Trinajstić information content (AvgIpc) is 2.34. The first-order valence-electron chi connectivity index (χ1n) is 6.04. The number of unbranched alkanes of at least 4 members (excludes halogenated alkanes) is 1.